The number of nitrogens with one attached hydrogen (secondary N) is 1. The number of likely N-dealkylation sites (tertiary alicyclic amines) is 1. The molecule has 0 radical (unpaired) electrons. The molecule has 2 aliphatic heterocycles. The van der Waals surface area contributed by atoms with Gasteiger partial charge < -0.3 is 20.1 Å². The van der Waals surface area contributed by atoms with Gasteiger partial charge in [0.15, 0.2) is 0 Å². The molecule has 2 saturated heterocycles. The van der Waals surface area contributed by atoms with E-state index >= 15 is 0 Å². The SMILES string of the molecule is C.C.CC(C)(C)OC(=O)N1CCC(O)(c2ccccc2F)CC1.Cl.Cl.Fc1ccccc1C1CCNCC1. The Hall–Kier alpha value is -1.93. The first-order valence-electron chi connectivity index (χ1n) is 12.0. The minimum Gasteiger partial charge on any atom is -0.444 e. The van der Waals surface area contributed by atoms with Crippen molar-refractivity contribution in [1.82, 2.24) is 10.2 Å². The third kappa shape index (κ3) is 10.7. The second kappa shape index (κ2) is 16.9. The first-order valence-corrected chi connectivity index (χ1v) is 12.0. The van der Waals surface area contributed by atoms with Crippen LogP contribution in [0.3, 0.4) is 0 Å². The van der Waals surface area contributed by atoms with E-state index in [9.17, 15) is 18.7 Å². The maximum absolute atomic E-state index is 13.8. The molecule has 2 aromatic carbocycles. The van der Waals surface area contributed by atoms with Crippen molar-refractivity contribution in [1.29, 1.82) is 0 Å². The number of rotatable bonds is 2. The Bertz CT molecular complexity index is 959. The van der Waals surface area contributed by atoms with Crippen LogP contribution < -0.4 is 5.32 Å². The van der Waals surface area contributed by atoms with Gasteiger partial charge in [0.25, 0.3) is 0 Å². The number of halogens is 4. The fourth-order valence-corrected chi connectivity index (χ4v) is 4.43. The average molecular weight is 580 g/mol. The Balaban J connectivity index is 0. The third-order valence-corrected chi connectivity index (χ3v) is 6.30. The number of ether oxygens (including phenoxy) is 1. The van der Waals surface area contributed by atoms with Gasteiger partial charge in [0.05, 0.1) is 5.60 Å². The maximum Gasteiger partial charge on any atom is 0.410 e. The highest BCUT2D eigenvalue weighted by Gasteiger charge is 2.38. The van der Waals surface area contributed by atoms with Crippen LogP contribution in [-0.4, -0.2) is 47.9 Å². The van der Waals surface area contributed by atoms with Gasteiger partial charge >= 0.3 is 6.09 Å². The number of carbonyl (C=O) groups is 1. The van der Waals surface area contributed by atoms with Gasteiger partial charge in [-0.2, -0.15) is 0 Å². The van der Waals surface area contributed by atoms with E-state index in [1.807, 2.05) is 32.9 Å². The highest BCUT2D eigenvalue weighted by atomic mass is 35.5. The number of amides is 1. The van der Waals surface area contributed by atoms with Crippen molar-refractivity contribution in [3.8, 4) is 0 Å². The van der Waals surface area contributed by atoms with Crippen molar-refractivity contribution < 1.29 is 23.4 Å². The summed E-state index contributed by atoms with van der Waals surface area (Å²) in [4.78, 5) is 13.5. The summed E-state index contributed by atoms with van der Waals surface area (Å²) in [6.07, 6.45) is 2.32. The van der Waals surface area contributed by atoms with Crippen LogP contribution in [0.2, 0.25) is 0 Å². The van der Waals surface area contributed by atoms with Crippen LogP contribution in [0.4, 0.5) is 13.6 Å². The molecule has 218 valence electrons. The summed E-state index contributed by atoms with van der Waals surface area (Å²) < 4.78 is 32.5. The number of nitrogens with zero attached hydrogens (tertiary/aromatic N) is 1. The highest BCUT2D eigenvalue weighted by Crippen LogP contribution is 2.34. The van der Waals surface area contributed by atoms with Crippen LogP contribution in [0.15, 0.2) is 48.5 Å². The maximum atomic E-state index is 13.8. The minimum atomic E-state index is -1.22. The summed E-state index contributed by atoms with van der Waals surface area (Å²) in [7, 11) is 0. The van der Waals surface area contributed by atoms with Crippen LogP contribution >= 0.6 is 24.8 Å². The Kier molecular flexibility index (Phi) is 17.0. The lowest BCUT2D eigenvalue weighted by molar-refractivity contribution is -0.0374. The summed E-state index contributed by atoms with van der Waals surface area (Å²) in [5.74, 6) is -0.0393. The molecule has 5 nitrogen and oxygen atoms in total. The number of piperidine rings is 2. The lowest BCUT2D eigenvalue weighted by Crippen LogP contribution is -2.47. The Labute approximate surface area is 240 Å². The van der Waals surface area contributed by atoms with E-state index in [2.05, 4.69) is 5.32 Å². The summed E-state index contributed by atoms with van der Waals surface area (Å²) in [6.45, 7) is 8.15. The molecule has 9 heteroatoms. The fourth-order valence-electron chi connectivity index (χ4n) is 4.43. The molecule has 0 atom stereocenters. The summed E-state index contributed by atoms with van der Waals surface area (Å²) >= 11 is 0. The first-order chi connectivity index (χ1) is 16.1. The lowest BCUT2D eigenvalue weighted by Gasteiger charge is -2.39. The first kappa shape index (κ1) is 38.2. The van der Waals surface area contributed by atoms with Crippen molar-refractivity contribution in [2.24, 2.45) is 0 Å². The van der Waals surface area contributed by atoms with E-state index < -0.39 is 23.1 Å². The second-order valence-corrected chi connectivity index (χ2v) is 10.0. The topological polar surface area (TPSA) is 61.8 Å². The van der Waals surface area contributed by atoms with Crippen molar-refractivity contribution in [2.75, 3.05) is 26.2 Å². The fraction of sp³-hybridized carbons (Fsp3) is 0.552. The van der Waals surface area contributed by atoms with Gasteiger partial charge in [0.1, 0.15) is 17.2 Å². The van der Waals surface area contributed by atoms with Crippen LogP contribution in [0, 0.1) is 11.6 Å². The number of hydrogen-bond acceptors (Lipinski definition) is 4. The van der Waals surface area contributed by atoms with Gasteiger partial charge in [0, 0.05) is 18.7 Å². The van der Waals surface area contributed by atoms with Gasteiger partial charge in [-0.15, -0.1) is 24.8 Å². The summed E-state index contributed by atoms with van der Waals surface area (Å²) in [5.41, 5.74) is -0.571. The molecule has 0 saturated carbocycles. The quantitative estimate of drug-likeness (QED) is 0.388. The largest absolute Gasteiger partial charge is 0.444 e. The van der Waals surface area contributed by atoms with Crippen molar-refractivity contribution in [2.45, 2.75) is 78.4 Å². The molecular weight excluding hydrogens is 533 g/mol. The van der Waals surface area contributed by atoms with E-state index in [-0.39, 0.29) is 45.5 Å². The Morgan fingerprint density at radius 1 is 0.947 bits per heavy atom. The van der Waals surface area contributed by atoms with Gasteiger partial charge in [-0.25, -0.2) is 13.6 Å². The molecule has 2 aliphatic rings. The highest BCUT2D eigenvalue weighted by molar-refractivity contribution is 5.85. The predicted molar refractivity (Wildman–Crippen MR) is 157 cm³/mol. The number of carbonyl (C=O) groups excluding carboxylic acids is 1. The van der Waals surface area contributed by atoms with Gasteiger partial charge in [-0.1, -0.05) is 51.3 Å². The molecule has 0 spiro atoms. The minimum absolute atomic E-state index is 0. The molecule has 0 bridgehead atoms. The number of aliphatic hydroxyl groups is 1. The molecule has 0 aromatic heterocycles. The summed E-state index contributed by atoms with van der Waals surface area (Å²) in [6, 6.07) is 13.4. The van der Waals surface area contributed by atoms with Crippen molar-refractivity contribution in [3.63, 3.8) is 0 Å². The van der Waals surface area contributed by atoms with Crippen molar-refractivity contribution in [3.05, 3.63) is 71.3 Å². The van der Waals surface area contributed by atoms with E-state index in [0.29, 0.717) is 37.4 Å². The predicted octanol–water partition coefficient (Wildman–Crippen LogP) is 7.45. The Morgan fingerprint density at radius 3 is 1.95 bits per heavy atom. The van der Waals surface area contributed by atoms with Gasteiger partial charge in [-0.05, 0) is 83.2 Å². The van der Waals surface area contributed by atoms with Crippen LogP contribution in [0.5, 0.6) is 0 Å². The number of hydrogen-bond donors (Lipinski definition) is 2. The zero-order valence-corrected chi connectivity index (χ0v) is 22.8. The van der Waals surface area contributed by atoms with Crippen LogP contribution in [-0.2, 0) is 10.3 Å². The van der Waals surface area contributed by atoms with E-state index in [1.54, 1.807) is 35.2 Å². The lowest BCUT2D eigenvalue weighted by atomic mass is 9.84. The second-order valence-electron chi connectivity index (χ2n) is 10.0. The molecule has 2 aromatic rings. The van der Waals surface area contributed by atoms with E-state index in [1.165, 1.54) is 6.07 Å². The third-order valence-electron chi connectivity index (χ3n) is 6.30. The van der Waals surface area contributed by atoms with E-state index in [4.69, 9.17) is 4.74 Å². The molecule has 38 heavy (non-hydrogen) atoms. The van der Waals surface area contributed by atoms with Gasteiger partial charge in [-0.3, -0.25) is 0 Å². The van der Waals surface area contributed by atoms with Crippen LogP contribution in [0.25, 0.3) is 0 Å². The smallest absolute Gasteiger partial charge is 0.410 e. The van der Waals surface area contributed by atoms with Crippen molar-refractivity contribution >= 4 is 30.9 Å². The molecule has 2 fully saturated rings. The molecule has 2 N–H and O–H groups in total. The molecule has 4 rings (SSSR count). The summed E-state index contributed by atoms with van der Waals surface area (Å²) in [5, 5.41) is 13.9. The molecule has 0 unspecified atom stereocenters. The number of benzene rings is 2. The van der Waals surface area contributed by atoms with E-state index in [0.717, 1.165) is 31.5 Å². The zero-order valence-electron chi connectivity index (χ0n) is 21.1. The zero-order chi connectivity index (χ0) is 24.8. The Morgan fingerprint density at radius 2 is 1.45 bits per heavy atom. The van der Waals surface area contributed by atoms with Crippen LogP contribution in [0.1, 0.15) is 78.4 Å². The van der Waals surface area contributed by atoms with Gasteiger partial charge in [0.2, 0.25) is 0 Å². The molecule has 0 aliphatic carbocycles. The molecule has 1 amide bonds. The molecular formula is C29H46Cl2F2N2O3. The normalized spacial score (nSPS) is 16.6. The standard InChI is InChI=1S/C16H22FNO3.C11H14FN.2CH4.2ClH/c1-15(2,3)21-14(19)18-10-8-16(20,9-11-18)12-6-4-5-7-13(12)17;12-11-4-2-1-3-10(11)9-5-7-13-8-6-9;;;;/h4-7,20H,8-11H2,1-3H3;1-4,9,13H,5-8H2;2*1H4;2*1H. The monoisotopic (exact) mass is 578 g/mol. The average Bonchev–Trinajstić information content (AvgIpc) is 2.80. The molecule has 2 heterocycles.